The van der Waals surface area contributed by atoms with Gasteiger partial charge in [0.1, 0.15) is 23.7 Å². The fourth-order valence-electron chi connectivity index (χ4n) is 10.1. The maximum atomic E-state index is 14.3. The Bertz CT molecular complexity index is 1450. The minimum Gasteiger partial charge on any atom is -0.462 e. The second-order valence-corrected chi connectivity index (χ2v) is 17.6. The zero-order valence-corrected chi connectivity index (χ0v) is 34.4. The summed E-state index contributed by atoms with van der Waals surface area (Å²) in [7, 11) is 3.20. The summed E-state index contributed by atoms with van der Waals surface area (Å²) >= 11 is 0. The average molecular weight is 773 g/mol. The fourth-order valence-corrected chi connectivity index (χ4v) is 10.1. The summed E-state index contributed by atoms with van der Waals surface area (Å²) in [6.07, 6.45) is 12.7. The molecule has 1 saturated carbocycles. The van der Waals surface area contributed by atoms with Crippen molar-refractivity contribution in [1.82, 2.24) is 0 Å². The summed E-state index contributed by atoms with van der Waals surface area (Å²) in [6, 6.07) is 0. The first-order valence-electron chi connectivity index (χ1n) is 20.9. The van der Waals surface area contributed by atoms with Crippen LogP contribution in [0.3, 0.4) is 0 Å². The van der Waals surface area contributed by atoms with Gasteiger partial charge in [0.2, 0.25) is 0 Å². The molecule has 0 radical (unpaired) electrons. The van der Waals surface area contributed by atoms with Crippen molar-refractivity contribution in [2.75, 3.05) is 14.2 Å². The highest BCUT2D eigenvalue weighted by Gasteiger charge is 2.54. The minimum atomic E-state index is -1.56. The van der Waals surface area contributed by atoms with Crippen molar-refractivity contribution in [3.05, 3.63) is 47.1 Å². The maximum Gasteiger partial charge on any atom is 0.316 e. The summed E-state index contributed by atoms with van der Waals surface area (Å²) in [5.74, 6) is -2.42. The molecular weight excluding hydrogens is 704 g/mol. The highest BCUT2D eigenvalue weighted by molar-refractivity contribution is 5.78. The van der Waals surface area contributed by atoms with E-state index in [2.05, 4.69) is 19.9 Å². The minimum absolute atomic E-state index is 0.0452. The normalized spacial score (nSPS) is 47.7. The van der Waals surface area contributed by atoms with E-state index in [1.165, 1.54) is 6.42 Å². The summed E-state index contributed by atoms with van der Waals surface area (Å²) in [6.45, 7) is 11.8. The number of esters is 1. The van der Waals surface area contributed by atoms with Crippen molar-refractivity contribution in [2.24, 2.45) is 23.7 Å². The third kappa shape index (κ3) is 9.36. The second kappa shape index (κ2) is 17.9. The van der Waals surface area contributed by atoms with Gasteiger partial charge in [-0.15, -0.1) is 0 Å². The maximum absolute atomic E-state index is 14.3. The number of carbonyl (C=O) groups is 1. The Labute approximate surface area is 328 Å². The molecule has 4 fully saturated rings. The van der Waals surface area contributed by atoms with Crippen molar-refractivity contribution in [1.29, 1.82) is 0 Å². The predicted octanol–water partition coefficient (Wildman–Crippen LogP) is 6.24. The van der Waals surface area contributed by atoms with Gasteiger partial charge in [0.05, 0.1) is 42.7 Å². The second-order valence-electron chi connectivity index (χ2n) is 17.6. The number of hydrogen-bond donors (Lipinski definition) is 3. The molecule has 2 bridgehead atoms. The summed E-state index contributed by atoms with van der Waals surface area (Å²) in [4.78, 5) is 14.3. The van der Waals surface area contributed by atoms with Gasteiger partial charge in [0, 0.05) is 58.2 Å². The number of ether oxygens (including phenoxy) is 7. The Hall–Kier alpha value is -1.93. The molecule has 2 aliphatic carbocycles. The van der Waals surface area contributed by atoms with E-state index in [1.807, 2.05) is 45.9 Å². The van der Waals surface area contributed by atoms with E-state index in [-0.39, 0.29) is 43.0 Å². The predicted molar refractivity (Wildman–Crippen MR) is 207 cm³/mol. The fraction of sp³-hybridized carbons (Fsp3) is 0.795. The van der Waals surface area contributed by atoms with E-state index in [0.29, 0.717) is 37.2 Å². The SMILES string of the molecule is CO[C@H]1C[C@@]2(O)/C(C)=C/C=C/[C@H](C)[C@H](O[C@H]3C[C@H](OC)[C@@H](O)[C@H](C)O3)/C(C)=C/C[C@@H]3C[C@@H](C[C@]4(C[C@H](O)[C@H](C)[C@@H](C5CCCCC5)O4)O3)OC(=O)C2C=C1C. The molecule has 4 heterocycles. The lowest BCUT2D eigenvalue weighted by molar-refractivity contribution is -0.355. The molecule has 6 aliphatic rings. The van der Waals surface area contributed by atoms with Crippen LogP contribution in [-0.4, -0.2) is 108 Å². The van der Waals surface area contributed by atoms with E-state index in [0.717, 1.165) is 36.8 Å². The first-order valence-corrected chi connectivity index (χ1v) is 20.9. The topological polar surface area (TPSA) is 142 Å². The number of aliphatic hydroxyl groups excluding tert-OH is 2. The monoisotopic (exact) mass is 772 g/mol. The van der Waals surface area contributed by atoms with Gasteiger partial charge in [-0.1, -0.05) is 63.5 Å². The van der Waals surface area contributed by atoms with Crippen molar-refractivity contribution in [3.63, 3.8) is 0 Å². The van der Waals surface area contributed by atoms with Crippen LogP contribution in [0.25, 0.3) is 0 Å². The number of fused-ring (bicyclic) bond motifs is 3. The Morgan fingerprint density at radius 3 is 2.35 bits per heavy atom. The molecule has 3 saturated heterocycles. The van der Waals surface area contributed by atoms with Crippen LogP contribution in [0.2, 0.25) is 0 Å². The van der Waals surface area contributed by atoms with Crippen molar-refractivity contribution in [3.8, 4) is 0 Å². The van der Waals surface area contributed by atoms with E-state index in [4.69, 9.17) is 33.2 Å². The molecule has 1 spiro atoms. The molecule has 0 aromatic carbocycles. The Morgan fingerprint density at radius 2 is 1.64 bits per heavy atom. The third-order valence-electron chi connectivity index (χ3n) is 13.7. The lowest BCUT2D eigenvalue weighted by Gasteiger charge is -2.53. The van der Waals surface area contributed by atoms with Gasteiger partial charge in [-0.3, -0.25) is 4.79 Å². The zero-order valence-electron chi connectivity index (χ0n) is 34.4. The van der Waals surface area contributed by atoms with Gasteiger partial charge in [-0.25, -0.2) is 0 Å². The largest absolute Gasteiger partial charge is 0.462 e. The molecule has 6 rings (SSSR count). The van der Waals surface area contributed by atoms with E-state index in [1.54, 1.807) is 20.3 Å². The van der Waals surface area contributed by atoms with Crippen LogP contribution in [0.1, 0.15) is 112 Å². The first kappa shape index (κ1) is 42.7. The van der Waals surface area contributed by atoms with Crippen LogP contribution in [-0.2, 0) is 38.0 Å². The van der Waals surface area contributed by atoms with Crippen molar-refractivity contribution >= 4 is 5.97 Å². The molecule has 55 heavy (non-hydrogen) atoms. The van der Waals surface area contributed by atoms with Gasteiger partial charge < -0.3 is 48.5 Å². The summed E-state index contributed by atoms with van der Waals surface area (Å²) < 4.78 is 44.6. The molecule has 11 heteroatoms. The molecule has 3 N–H and O–H groups in total. The molecule has 310 valence electrons. The molecule has 15 atom stereocenters. The Morgan fingerprint density at radius 1 is 0.891 bits per heavy atom. The van der Waals surface area contributed by atoms with Gasteiger partial charge in [-0.05, 0) is 69.6 Å². The molecule has 1 unspecified atom stereocenters. The number of carbonyl (C=O) groups excluding carboxylic acids is 1. The Kier molecular flexibility index (Phi) is 13.9. The number of aliphatic hydroxyl groups is 3. The molecule has 11 nitrogen and oxygen atoms in total. The summed E-state index contributed by atoms with van der Waals surface area (Å²) in [5, 5.41) is 34.7. The van der Waals surface area contributed by atoms with Crippen LogP contribution >= 0.6 is 0 Å². The number of rotatable bonds is 5. The highest BCUT2D eigenvalue weighted by atomic mass is 16.7. The average Bonchev–Trinajstić information content (AvgIpc) is 3.16. The van der Waals surface area contributed by atoms with Gasteiger partial charge >= 0.3 is 5.97 Å². The van der Waals surface area contributed by atoms with E-state index >= 15 is 0 Å². The molecule has 0 aromatic rings. The molecular formula is C44H68O11. The lowest BCUT2D eigenvalue weighted by Crippen LogP contribution is -2.59. The molecule has 0 amide bonds. The van der Waals surface area contributed by atoms with Crippen LogP contribution in [0.15, 0.2) is 47.1 Å². The quantitative estimate of drug-likeness (QED) is 0.216. The van der Waals surface area contributed by atoms with Gasteiger partial charge in [0.15, 0.2) is 12.1 Å². The molecule has 4 aliphatic heterocycles. The van der Waals surface area contributed by atoms with Crippen LogP contribution in [0.4, 0.5) is 0 Å². The Balaban J connectivity index is 1.37. The number of allylic oxidation sites excluding steroid dienone is 2. The highest BCUT2D eigenvalue weighted by Crippen LogP contribution is 2.47. The van der Waals surface area contributed by atoms with Crippen LogP contribution in [0, 0.1) is 23.7 Å². The van der Waals surface area contributed by atoms with E-state index < -0.39 is 66.2 Å². The van der Waals surface area contributed by atoms with Gasteiger partial charge in [0.25, 0.3) is 0 Å². The zero-order chi connectivity index (χ0) is 39.7. The first-order chi connectivity index (χ1) is 26.2. The lowest BCUT2D eigenvalue weighted by atomic mass is 9.71. The summed E-state index contributed by atoms with van der Waals surface area (Å²) in [5.41, 5.74) is 0.905. The number of hydrogen-bond acceptors (Lipinski definition) is 11. The third-order valence-corrected chi connectivity index (χ3v) is 13.7. The van der Waals surface area contributed by atoms with Gasteiger partial charge in [-0.2, -0.15) is 0 Å². The molecule has 0 aromatic heterocycles. The standard InChI is InChI=1S/C44H68O11/c1-25-13-12-14-28(4)44(48)24-37(50-8)27(3)19-34(44)42(47)52-33-20-32(18-17-26(2)40(25)53-38-21-36(49-7)39(46)30(6)51-38)54-43(22-33)23-35(45)29(5)41(55-43)31-15-10-9-11-16-31/h12-14,17,19,25,29-41,45-46,48H,9-11,15-16,18,20-24H2,1-8H3/b13-12+,26-17+,28-14+/t25-,29-,30-,32+,33-,34?,35-,36-,37-,38-,39-,40-,41-,43-,44+/m0/s1. The van der Waals surface area contributed by atoms with Crippen LogP contribution in [0.5, 0.6) is 0 Å². The van der Waals surface area contributed by atoms with E-state index in [9.17, 15) is 20.1 Å². The van der Waals surface area contributed by atoms with Crippen molar-refractivity contribution in [2.45, 2.75) is 185 Å². The van der Waals surface area contributed by atoms with Crippen LogP contribution < -0.4 is 0 Å². The van der Waals surface area contributed by atoms with Crippen molar-refractivity contribution < 1.29 is 53.3 Å². The number of methoxy groups -OCH3 is 2. The smallest absolute Gasteiger partial charge is 0.316 e.